The van der Waals surface area contributed by atoms with Crippen LogP contribution in [0.5, 0.6) is 0 Å². The summed E-state index contributed by atoms with van der Waals surface area (Å²) in [5, 5.41) is 0. The van der Waals surface area contributed by atoms with Gasteiger partial charge in [0.25, 0.3) is 0 Å². The summed E-state index contributed by atoms with van der Waals surface area (Å²) in [4.78, 5) is 0.422. The molecule has 60 valence electrons. The minimum absolute atomic E-state index is 0.422. The van der Waals surface area contributed by atoms with Crippen LogP contribution in [0.1, 0.15) is 11.1 Å². The average molecular weight is 170 g/mol. The molecular formula is C8H10O2S. The lowest BCUT2D eigenvalue weighted by Crippen LogP contribution is -1.86. The highest BCUT2D eigenvalue weighted by molar-refractivity contribution is 7.72. The first-order valence-corrected chi connectivity index (χ1v) is 4.50. The molecule has 1 aromatic rings. The SMILES string of the molecule is Cc1ccc([SH](=O)=O)c(C)c1. The first-order valence-electron chi connectivity index (χ1n) is 3.33. The second-order valence-corrected chi connectivity index (χ2v) is 3.54. The second-order valence-electron chi connectivity index (χ2n) is 2.55. The van der Waals surface area contributed by atoms with E-state index in [9.17, 15) is 8.42 Å². The molecule has 0 aliphatic carbocycles. The quantitative estimate of drug-likeness (QED) is 0.644. The van der Waals surface area contributed by atoms with Crippen LogP contribution in [0.15, 0.2) is 23.1 Å². The Labute approximate surface area is 67.8 Å². The molecule has 1 rings (SSSR count). The summed E-state index contributed by atoms with van der Waals surface area (Å²) in [5.74, 6) is 0. The van der Waals surface area contributed by atoms with E-state index in [1.807, 2.05) is 13.0 Å². The lowest BCUT2D eigenvalue weighted by molar-refractivity contribution is 0.614. The number of hydrogen-bond acceptors (Lipinski definition) is 2. The normalized spacial score (nSPS) is 10.5. The molecule has 0 fully saturated rings. The van der Waals surface area contributed by atoms with Gasteiger partial charge in [-0.15, -0.1) is 0 Å². The number of aryl methyl sites for hydroxylation is 2. The number of rotatable bonds is 1. The molecule has 11 heavy (non-hydrogen) atoms. The maximum Gasteiger partial charge on any atom is 0.168 e. The minimum atomic E-state index is -2.43. The van der Waals surface area contributed by atoms with Crippen molar-refractivity contribution in [3.05, 3.63) is 29.3 Å². The van der Waals surface area contributed by atoms with E-state index >= 15 is 0 Å². The molecular weight excluding hydrogens is 160 g/mol. The van der Waals surface area contributed by atoms with Crippen molar-refractivity contribution in [2.75, 3.05) is 0 Å². The lowest BCUT2D eigenvalue weighted by Gasteiger charge is -1.97. The summed E-state index contributed by atoms with van der Waals surface area (Å²) in [6, 6.07) is 5.30. The fraction of sp³-hybridized carbons (Fsp3) is 0.250. The summed E-state index contributed by atoms with van der Waals surface area (Å²) >= 11 is 0. The Morgan fingerprint density at radius 3 is 2.27 bits per heavy atom. The first-order chi connectivity index (χ1) is 5.11. The van der Waals surface area contributed by atoms with Crippen molar-refractivity contribution in [1.82, 2.24) is 0 Å². The van der Waals surface area contributed by atoms with E-state index in [-0.39, 0.29) is 0 Å². The van der Waals surface area contributed by atoms with Crippen LogP contribution in [0.25, 0.3) is 0 Å². The highest BCUT2D eigenvalue weighted by Gasteiger charge is 1.98. The summed E-state index contributed by atoms with van der Waals surface area (Å²) in [6.07, 6.45) is 0. The number of thiol groups is 1. The molecule has 0 radical (unpaired) electrons. The third-order valence-electron chi connectivity index (χ3n) is 1.55. The Bertz CT molecular complexity index is 332. The fourth-order valence-electron chi connectivity index (χ4n) is 1.01. The van der Waals surface area contributed by atoms with Crippen LogP contribution >= 0.6 is 0 Å². The standard InChI is InChI=1S/C8H10O2S/c1-6-3-4-8(11(9)10)7(2)5-6/h3-5,11H,1-2H3. The monoisotopic (exact) mass is 170 g/mol. The summed E-state index contributed by atoms with van der Waals surface area (Å²) in [5.41, 5.74) is 1.91. The molecule has 2 nitrogen and oxygen atoms in total. The predicted octanol–water partition coefficient (Wildman–Crippen LogP) is 1.27. The highest BCUT2D eigenvalue weighted by atomic mass is 32.2. The molecule has 0 bridgehead atoms. The van der Waals surface area contributed by atoms with Gasteiger partial charge < -0.3 is 0 Å². The Kier molecular flexibility index (Phi) is 2.29. The maximum atomic E-state index is 10.6. The van der Waals surface area contributed by atoms with E-state index < -0.39 is 10.7 Å². The third-order valence-corrected chi connectivity index (χ3v) is 2.44. The van der Waals surface area contributed by atoms with Crippen molar-refractivity contribution in [2.24, 2.45) is 0 Å². The van der Waals surface area contributed by atoms with Crippen LogP contribution in [0.2, 0.25) is 0 Å². The van der Waals surface area contributed by atoms with Gasteiger partial charge >= 0.3 is 0 Å². The summed E-state index contributed by atoms with van der Waals surface area (Å²) in [7, 11) is -2.43. The van der Waals surface area contributed by atoms with Crippen molar-refractivity contribution in [3.63, 3.8) is 0 Å². The van der Waals surface area contributed by atoms with Crippen LogP contribution in [-0.2, 0) is 10.7 Å². The van der Waals surface area contributed by atoms with Gasteiger partial charge in [-0.3, -0.25) is 0 Å². The van der Waals surface area contributed by atoms with Gasteiger partial charge in [0.15, 0.2) is 10.7 Å². The third kappa shape index (κ3) is 1.80. The summed E-state index contributed by atoms with van der Waals surface area (Å²) < 4.78 is 21.1. The first kappa shape index (κ1) is 8.27. The van der Waals surface area contributed by atoms with E-state index in [1.165, 1.54) is 0 Å². The zero-order valence-electron chi connectivity index (χ0n) is 6.50. The molecule has 0 amide bonds. The molecule has 0 atom stereocenters. The molecule has 0 spiro atoms. The highest BCUT2D eigenvalue weighted by Crippen LogP contribution is 2.10. The zero-order valence-corrected chi connectivity index (χ0v) is 7.39. The molecule has 0 aliphatic heterocycles. The Morgan fingerprint density at radius 2 is 1.82 bits per heavy atom. The van der Waals surface area contributed by atoms with Gasteiger partial charge in [-0.1, -0.05) is 17.7 Å². The van der Waals surface area contributed by atoms with Crippen molar-refractivity contribution in [2.45, 2.75) is 18.7 Å². The molecule has 0 saturated heterocycles. The van der Waals surface area contributed by atoms with Crippen molar-refractivity contribution < 1.29 is 8.42 Å². The number of benzene rings is 1. The van der Waals surface area contributed by atoms with Crippen molar-refractivity contribution in [1.29, 1.82) is 0 Å². The van der Waals surface area contributed by atoms with Crippen LogP contribution in [0.4, 0.5) is 0 Å². The van der Waals surface area contributed by atoms with E-state index in [0.29, 0.717) is 4.90 Å². The van der Waals surface area contributed by atoms with Crippen molar-refractivity contribution in [3.8, 4) is 0 Å². The maximum absolute atomic E-state index is 10.6. The van der Waals surface area contributed by atoms with Crippen LogP contribution in [0.3, 0.4) is 0 Å². The van der Waals surface area contributed by atoms with Gasteiger partial charge in [-0.25, -0.2) is 8.42 Å². The van der Waals surface area contributed by atoms with Crippen LogP contribution in [-0.4, -0.2) is 8.42 Å². The van der Waals surface area contributed by atoms with Crippen LogP contribution in [0, 0.1) is 13.8 Å². The van der Waals surface area contributed by atoms with Gasteiger partial charge in [-0.05, 0) is 25.5 Å². The van der Waals surface area contributed by atoms with Gasteiger partial charge in [0, 0.05) is 0 Å². The van der Waals surface area contributed by atoms with Crippen LogP contribution < -0.4 is 0 Å². The van der Waals surface area contributed by atoms with Gasteiger partial charge in [0.2, 0.25) is 0 Å². The minimum Gasteiger partial charge on any atom is -0.227 e. The Balaban J connectivity index is 3.31. The second kappa shape index (κ2) is 3.05. The molecule has 0 unspecified atom stereocenters. The van der Waals surface area contributed by atoms with E-state index in [4.69, 9.17) is 0 Å². The smallest absolute Gasteiger partial charge is 0.168 e. The zero-order chi connectivity index (χ0) is 8.43. The van der Waals surface area contributed by atoms with E-state index in [2.05, 4.69) is 0 Å². The lowest BCUT2D eigenvalue weighted by atomic mass is 10.2. The molecule has 0 aromatic heterocycles. The molecule has 0 saturated carbocycles. The van der Waals surface area contributed by atoms with Gasteiger partial charge in [-0.2, -0.15) is 0 Å². The van der Waals surface area contributed by atoms with Gasteiger partial charge in [0.05, 0.1) is 4.90 Å². The largest absolute Gasteiger partial charge is 0.227 e. The van der Waals surface area contributed by atoms with Gasteiger partial charge in [0.1, 0.15) is 0 Å². The molecule has 3 heteroatoms. The summed E-state index contributed by atoms with van der Waals surface area (Å²) in [6.45, 7) is 3.74. The Hall–Kier alpha value is -0.830. The molecule has 1 aromatic carbocycles. The average Bonchev–Trinajstić information content (AvgIpc) is 1.85. The Morgan fingerprint density at radius 1 is 1.18 bits per heavy atom. The van der Waals surface area contributed by atoms with E-state index in [1.54, 1.807) is 19.1 Å². The predicted molar refractivity (Wildman–Crippen MR) is 44.5 cm³/mol. The molecule has 0 aliphatic rings. The van der Waals surface area contributed by atoms with Crippen molar-refractivity contribution >= 4 is 10.7 Å². The fourth-order valence-corrected chi connectivity index (χ4v) is 1.56. The molecule has 0 heterocycles. The number of hydrogen-bond donors (Lipinski definition) is 1. The topological polar surface area (TPSA) is 34.1 Å². The van der Waals surface area contributed by atoms with E-state index in [0.717, 1.165) is 11.1 Å². The molecule has 0 N–H and O–H groups in total.